The van der Waals surface area contributed by atoms with Crippen molar-refractivity contribution < 1.29 is 18.7 Å². The van der Waals surface area contributed by atoms with Gasteiger partial charge >= 0.3 is 6.09 Å². The zero-order chi connectivity index (χ0) is 25.6. The van der Waals surface area contributed by atoms with Crippen LogP contribution in [-0.2, 0) is 11.2 Å². The number of hydrogen-bond donors (Lipinski definition) is 1. The van der Waals surface area contributed by atoms with Gasteiger partial charge < -0.3 is 14.8 Å². The molecule has 0 aromatic heterocycles. The molecule has 2 aromatic rings. The summed E-state index contributed by atoms with van der Waals surface area (Å²) in [4.78, 5) is 15.4. The molecule has 1 N–H and O–H groups in total. The van der Waals surface area contributed by atoms with Crippen LogP contribution in [0.3, 0.4) is 0 Å². The monoisotopic (exact) mass is 514 g/mol. The van der Waals surface area contributed by atoms with Crippen LogP contribution in [0.2, 0.25) is 5.02 Å². The lowest BCUT2D eigenvalue weighted by Crippen LogP contribution is -2.53. The van der Waals surface area contributed by atoms with Gasteiger partial charge in [-0.05, 0) is 105 Å². The number of amides is 1. The van der Waals surface area contributed by atoms with Crippen molar-refractivity contribution in [3.05, 3.63) is 52.3 Å². The van der Waals surface area contributed by atoms with Crippen molar-refractivity contribution in [2.24, 2.45) is 11.3 Å². The van der Waals surface area contributed by atoms with Gasteiger partial charge in [0.25, 0.3) is 0 Å². The molecule has 3 fully saturated rings. The van der Waals surface area contributed by atoms with E-state index in [0.717, 1.165) is 56.4 Å². The number of aryl methyl sites for hydroxylation is 1. The standard InChI is InChI=1S/C29H36ClFN2O3/c1-17(2)35-25-6-5-19(14-23(25)30)21-13-20-7-10-29(3,4)27(22(20)15-24(21)31)32-28(34)36-26-16-33-11-8-18(26)9-12-33/h5-6,13-15,17-18,26-27H,7-12,16H2,1-4H3,(H,32,34)/t26-,27-/m0/s1. The van der Waals surface area contributed by atoms with E-state index in [4.69, 9.17) is 21.1 Å². The highest BCUT2D eigenvalue weighted by Crippen LogP contribution is 2.45. The third-order valence-electron chi connectivity index (χ3n) is 8.08. The van der Waals surface area contributed by atoms with Crippen LogP contribution < -0.4 is 10.1 Å². The lowest BCUT2D eigenvalue weighted by atomic mass is 9.70. The Morgan fingerprint density at radius 3 is 2.58 bits per heavy atom. The highest BCUT2D eigenvalue weighted by Gasteiger charge is 2.40. The minimum atomic E-state index is -0.406. The van der Waals surface area contributed by atoms with Crippen molar-refractivity contribution in [2.75, 3.05) is 19.6 Å². The van der Waals surface area contributed by atoms with Gasteiger partial charge in [0, 0.05) is 12.1 Å². The van der Waals surface area contributed by atoms with Gasteiger partial charge in [0.15, 0.2) is 0 Å². The van der Waals surface area contributed by atoms with E-state index in [9.17, 15) is 4.79 Å². The summed E-state index contributed by atoms with van der Waals surface area (Å²) in [6.07, 6.45) is 3.37. The van der Waals surface area contributed by atoms with Crippen LogP contribution in [-0.4, -0.2) is 42.8 Å². The highest BCUT2D eigenvalue weighted by atomic mass is 35.5. The van der Waals surface area contributed by atoms with Gasteiger partial charge in [0.05, 0.1) is 17.2 Å². The maximum atomic E-state index is 15.5. The molecule has 7 heteroatoms. The Kier molecular flexibility index (Phi) is 6.94. The number of nitrogens with one attached hydrogen (secondary N) is 1. The van der Waals surface area contributed by atoms with Crippen molar-refractivity contribution in [2.45, 2.75) is 71.6 Å². The van der Waals surface area contributed by atoms with Crippen molar-refractivity contribution in [1.82, 2.24) is 10.2 Å². The molecule has 3 heterocycles. The second-order valence-corrected chi connectivity index (χ2v) is 11.9. The van der Waals surface area contributed by atoms with E-state index >= 15 is 4.39 Å². The van der Waals surface area contributed by atoms with E-state index in [2.05, 4.69) is 24.1 Å². The summed E-state index contributed by atoms with van der Waals surface area (Å²) >= 11 is 6.43. The van der Waals surface area contributed by atoms with E-state index in [1.54, 1.807) is 18.2 Å². The van der Waals surface area contributed by atoms with Gasteiger partial charge in [-0.2, -0.15) is 0 Å². The summed E-state index contributed by atoms with van der Waals surface area (Å²) in [7, 11) is 0. The number of hydrogen-bond acceptors (Lipinski definition) is 4. The summed E-state index contributed by atoms with van der Waals surface area (Å²) < 4.78 is 27.1. The first-order chi connectivity index (χ1) is 17.1. The normalized spacial score (nSPS) is 26.4. The first kappa shape index (κ1) is 25.3. The maximum absolute atomic E-state index is 15.5. The quantitative estimate of drug-likeness (QED) is 0.478. The summed E-state index contributed by atoms with van der Waals surface area (Å²) in [5.41, 5.74) is 2.84. The second-order valence-electron chi connectivity index (χ2n) is 11.5. The Hall–Kier alpha value is -2.31. The van der Waals surface area contributed by atoms with Gasteiger partial charge in [-0.3, -0.25) is 4.90 Å². The van der Waals surface area contributed by atoms with Gasteiger partial charge in [-0.25, -0.2) is 9.18 Å². The maximum Gasteiger partial charge on any atom is 0.407 e. The molecule has 6 rings (SSSR count). The molecule has 0 unspecified atom stereocenters. The predicted octanol–water partition coefficient (Wildman–Crippen LogP) is 6.77. The molecule has 2 aromatic carbocycles. The average molecular weight is 515 g/mol. The molecular formula is C29H36ClFN2O3. The first-order valence-electron chi connectivity index (χ1n) is 13.1. The first-order valence-corrected chi connectivity index (χ1v) is 13.5. The number of carbonyl (C=O) groups excluding carboxylic acids is 1. The number of benzene rings is 2. The van der Waals surface area contributed by atoms with Crippen molar-refractivity contribution in [1.29, 1.82) is 0 Å². The molecule has 1 aliphatic carbocycles. The number of nitrogens with zero attached hydrogens (tertiary/aromatic N) is 1. The van der Waals surface area contributed by atoms with Crippen LogP contribution in [0.5, 0.6) is 5.75 Å². The van der Waals surface area contributed by atoms with Crippen molar-refractivity contribution in [3.8, 4) is 16.9 Å². The summed E-state index contributed by atoms with van der Waals surface area (Å²) in [5, 5.41) is 3.56. The van der Waals surface area contributed by atoms with E-state index < -0.39 is 6.09 Å². The SMILES string of the molecule is CC(C)Oc1ccc(-c2cc3c(cc2F)[C@H](NC(=O)O[C@H]2CN4CCC2CC4)C(C)(C)CC3)cc1Cl. The molecule has 1 amide bonds. The third kappa shape index (κ3) is 5.08. The molecular weight excluding hydrogens is 479 g/mol. The Labute approximate surface area is 218 Å². The van der Waals surface area contributed by atoms with Gasteiger partial charge in [0.1, 0.15) is 17.7 Å². The molecule has 5 nitrogen and oxygen atoms in total. The van der Waals surface area contributed by atoms with E-state index in [1.165, 1.54) is 0 Å². The van der Waals surface area contributed by atoms with Gasteiger partial charge in [-0.15, -0.1) is 0 Å². The number of halogens is 2. The van der Waals surface area contributed by atoms with Crippen LogP contribution in [0, 0.1) is 17.2 Å². The number of carbonyl (C=O) groups is 1. The number of ether oxygens (including phenoxy) is 2. The van der Waals surface area contributed by atoms with Crippen LogP contribution in [0.25, 0.3) is 11.1 Å². The van der Waals surface area contributed by atoms with Gasteiger partial charge in [-0.1, -0.05) is 31.5 Å². The fraction of sp³-hybridized carbons (Fsp3) is 0.552. The minimum absolute atomic E-state index is 0.000854. The molecule has 0 radical (unpaired) electrons. The molecule has 2 atom stereocenters. The van der Waals surface area contributed by atoms with E-state index in [-0.39, 0.29) is 29.5 Å². The lowest BCUT2D eigenvalue weighted by Gasteiger charge is -2.44. The molecule has 3 aliphatic heterocycles. The second kappa shape index (κ2) is 9.86. The molecule has 194 valence electrons. The highest BCUT2D eigenvalue weighted by molar-refractivity contribution is 6.32. The molecule has 0 saturated carbocycles. The van der Waals surface area contributed by atoms with Gasteiger partial charge in [0.2, 0.25) is 0 Å². The smallest absolute Gasteiger partial charge is 0.407 e. The topological polar surface area (TPSA) is 50.8 Å². The summed E-state index contributed by atoms with van der Waals surface area (Å²) in [6, 6.07) is 8.53. The number of alkyl carbamates (subject to hydrolysis) is 1. The fourth-order valence-corrected chi connectivity index (χ4v) is 6.21. The molecule has 2 bridgehead atoms. The van der Waals surface area contributed by atoms with Crippen molar-refractivity contribution in [3.63, 3.8) is 0 Å². The summed E-state index contributed by atoms with van der Waals surface area (Å²) in [6.45, 7) is 11.1. The fourth-order valence-electron chi connectivity index (χ4n) is 5.99. The lowest BCUT2D eigenvalue weighted by molar-refractivity contribution is -0.0353. The Morgan fingerprint density at radius 1 is 1.19 bits per heavy atom. The van der Waals surface area contributed by atoms with Crippen LogP contribution in [0.15, 0.2) is 30.3 Å². The Balaban J connectivity index is 1.38. The van der Waals surface area contributed by atoms with Crippen LogP contribution in [0.1, 0.15) is 64.1 Å². The molecule has 0 spiro atoms. The largest absolute Gasteiger partial charge is 0.489 e. The Bertz CT molecular complexity index is 1140. The molecule has 4 aliphatic rings. The van der Waals surface area contributed by atoms with Crippen LogP contribution in [0.4, 0.5) is 9.18 Å². The summed E-state index contributed by atoms with van der Waals surface area (Å²) in [5.74, 6) is 0.690. The zero-order valence-corrected chi connectivity index (χ0v) is 22.3. The van der Waals surface area contributed by atoms with E-state index in [1.807, 2.05) is 26.0 Å². The van der Waals surface area contributed by atoms with E-state index in [0.29, 0.717) is 27.8 Å². The van der Waals surface area contributed by atoms with Crippen LogP contribution >= 0.6 is 11.6 Å². The zero-order valence-electron chi connectivity index (χ0n) is 21.6. The molecule has 3 saturated heterocycles. The number of fused-ring (bicyclic) bond motifs is 4. The number of piperidine rings is 3. The molecule has 36 heavy (non-hydrogen) atoms. The minimum Gasteiger partial charge on any atom is -0.489 e. The average Bonchev–Trinajstić information content (AvgIpc) is 2.83. The number of rotatable bonds is 5. The Morgan fingerprint density at radius 2 is 1.94 bits per heavy atom. The third-order valence-corrected chi connectivity index (χ3v) is 8.38. The van der Waals surface area contributed by atoms with Crippen molar-refractivity contribution >= 4 is 17.7 Å². The predicted molar refractivity (Wildman–Crippen MR) is 140 cm³/mol.